The van der Waals surface area contributed by atoms with Gasteiger partial charge in [0.1, 0.15) is 5.75 Å². The highest BCUT2D eigenvalue weighted by molar-refractivity contribution is 6.30. The zero-order chi connectivity index (χ0) is 11.8. The fourth-order valence-electron chi connectivity index (χ4n) is 1.10. The van der Waals surface area contributed by atoms with Crippen molar-refractivity contribution in [1.29, 1.82) is 0 Å². The summed E-state index contributed by atoms with van der Waals surface area (Å²) in [6.45, 7) is 0.508. The predicted molar refractivity (Wildman–Crippen MR) is 61.7 cm³/mol. The topological polar surface area (TPSA) is 58.6 Å². The number of rotatable bonds is 6. The number of aliphatic hydroxyl groups is 1. The minimum absolute atomic E-state index is 0.0547. The van der Waals surface area contributed by atoms with Crippen molar-refractivity contribution in [3.05, 3.63) is 29.3 Å². The Bertz CT molecular complexity index is 344. The first-order chi connectivity index (χ1) is 7.72. The van der Waals surface area contributed by atoms with Crippen molar-refractivity contribution in [2.24, 2.45) is 0 Å². The molecule has 0 heterocycles. The average Bonchev–Trinajstić information content (AvgIpc) is 2.26. The molecule has 0 spiro atoms. The number of carbonyl (C=O) groups excluding carboxylic acids is 1. The molecular weight excluding hydrogens is 230 g/mol. The highest BCUT2D eigenvalue weighted by atomic mass is 35.5. The number of aliphatic hydroxyl groups excluding tert-OH is 1. The molecule has 5 heteroatoms. The van der Waals surface area contributed by atoms with Gasteiger partial charge < -0.3 is 15.2 Å². The van der Waals surface area contributed by atoms with Crippen LogP contribution in [0.5, 0.6) is 5.75 Å². The fraction of sp³-hybridized carbons (Fsp3) is 0.364. The molecule has 0 saturated heterocycles. The lowest BCUT2D eigenvalue weighted by atomic mass is 10.3. The number of benzene rings is 1. The van der Waals surface area contributed by atoms with Gasteiger partial charge in [0, 0.05) is 11.6 Å². The second kappa shape index (κ2) is 7.09. The van der Waals surface area contributed by atoms with Gasteiger partial charge in [-0.15, -0.1) is 0 Å². The summed E-state index contributed by atoms with van der Waals surface area (Å²) >= 11 is 5.77. The zero-order valence-corrected chi connectivity index (χ0v) is 9.54. The molecule has 0 atom stereocenters. The van der Waals surface area contributed by atoms with E-state index in [0.717, 1.165) is 0 Å². The summed E-state index contributed by atoms with van der Waals surface area (Å²) in [4.78, 5) is 11.1. The molecule has 0 unspecified atom stereocenters. The normalized spacial score (nSPS) is 9.88. The Morgan fingerprint density at radius 1 is 1.50 bits per heavy atom. The Balaban J connectivity index is 2.22. The molecule has 0 bridgehead atoms. The second-order valence-corrected chi connectivity index (χ2v) is 3.57. The number of hydrogen-bond acceptors (Lipinski definition) is 3. The largest absolute Gasteiger partial charge is 0.493 e. The van der Waals surface area contributed by atoms with Crippen LogP contribution in [0, 0.1) is 0 Å². The summed E-state index contributed by atoms with van der Waals surface area (Å²) in [7, 11) is 0. The van der Waals surface area contributed by atoms with E-state index < -0.39 is 0 Å². The van der Waals surface area contributed by atoms with Crippen LogP contribution in [0.1, 0.15) is 6.42 Å². The highest BCUT2D eigenvalue weighted by Crippen LogP contribution is 2.16. The molecule has 88 valence electrons. The van der Waals surface area contributed by atoms with Crippen LogP contribution in [-0.2, 0) is 4.79 Å². The summed E-state index contributed by atoms with van der Waals surface area (Å²) in [5.74, 6) is 0.499. The number of hydrogen-bond donors (Lipinski definition) is 2. The molecular formula is C11H14ClNO3. The first-order valence-electron chi connectivity index (χ1n) is 4.98. The molecule has 0 aromatic heterocycles. The fourth-order valence-corrected chi connectivity index (χ4v) is 1.28. The third-order valence-electron chi connectivity index (χ3n) is 1.83. The number of halogens is 1. The smallest absolute Gasteiger partial charge is 0.223 e. The van der Waals surface area contributed by atoms with Gasteiger partial charge in [0.25, 0.3) is 0 Å². The van der Waals surface area contributed by atoms with Crippen LogP contribution in [0.3, 0.4) is 0 Å². The summed E-state index contributed by atoms with van der Waals surface area (Å²) in [5.41, 5.74) is 0. The number of amides is 1. The van der Waals surface area contributed by atoms with Crippen molar-refractivity contribution in [2.45, 2.75) is 6.42 Å². The molecule has 0 saturated carbocycles. The van der Waals surface area contributed by atoms with E-state index in [-0.39, 0.29) is 32.1 Å². The van der Waals surface area contributed by atoms with Crippen LogP contribution >= 0.6 is 11.6 Å². The standard InChI is InChI=1S/C11H14ClNO3/c12-9-2-1-3-10(8-9)16-7-4-11(15)13-5-6-14/h1-3,8,14H,4-7H2,(H,13,15). The highest BCUT2D eigenvalue weighted by Gasteiger charge is 2.01. The Labute approximate surface area is 99.2 Å². The van der Waals surface area contributed by atoms with E-state index in [2.05, 4.69) is 5.32 Å². The molecule has 2 N–H and O–H groups in total. The molecule has 1 aromatic carbocycles. The molecule has 1 amide bonds. The van der Waals surface area contributed by atoms with Crippen molar-refractivity contribution in [3.8, 4) is 5.75 Å². The lowest BCUT2D eigenvalue weighted by Gasteiger charge is -2.06. The van der Waals surface area contributed by atoms with Gasteiger partial charge in [-0.3, -0.25) is 4.79 Å². The van der Waals surface area contributed by atoms with E-state index in [0.29, 0.717) is 10.8 Å². The van der Waals surface area contributed by atoms with Gasteiger partial charge in [0.2, 0.25) is 5.91 Å². The Kier molecular flexibility index (Phi) is 5.67. The molecule has 0 aliphatic carbocycles. The molecule has 1 rings (SSSR count). The van der Waals surface area contributed by atoms with Gasteiger partial charge in [0.05, 0.1) is 19.6 Å². The summed E-state index contributed by atoms with van der Waals surface area (Å²) < 4.78 is 5.33. The van der Waals surface area contributed by atoms with Crippen molar-refractivity contribution in [3.63, 3.8) is 0 Å². The molecule has 0 aliphatic rings. The molecule has 0 fully saturated rings. The predicted octanol–water partition coefficient (Wildman–Crippen LogP) is 1.22. The minimum Gasteiger partial charge on any atom is -0.493 e. The van der Waals surface area contributed by atoms with Crippen molar-refractivity contribution < 1.29 is 14.6 Å². The van der Waals surface area contributed by atoms with Gasteiger partial charge in [0.15, 0.2) is 0 Å². The Hall–Kier alpha value is -1.26. The van der Waals surface area contributed by atoms with Crippen molar-refractivity contribution in [2.75, 3.05) is 19.8 Å². The number of carbonyl (C=O) groups is 1. The maximum Gasteiger partial charge on any atom is 0.223 e. The van der Waals surface area contributed by atoms with E-state index in [1.807, 2.05) is 0 Å². The molecule has 0 radical (unpaired) electrons. The summed E-state index contributed by atoms with van der Waals surface area (Å²) in [6.07, 6.45) is 0.256. The van der Waals surface area contributed by atoms with Crippen molar-refractivity contribution in [1.82, 2.24) is 5.32 Å². The van der Waals surface area contributed by atoms with Crippen LogP contribution < -0.4 is 10.1 Å². The second-order valence-electron chi connectivity index (χ2n) is 3.13. The zero-order valence-electron chi connectivity index (χ0n) is 8.78. The van der Waals surface area contributed by atoms with Crippen LogP contribution in [0.25, 0.3) is 0 Å². The first kappa shape index (κ1) is 12.8. The first-order valence-corrected chi connectivity index (χ1v) is 5.36. The molecule has 16 heavy (non-hydrogen) atoms. The number of nitrogens with one attached hydrogen (secondary N) is 1. The van der Waals surface area contributed by atoms with E-state index in [1.54, 1.807) is 24.3 Å². The van der Waals surface area contributed by atoms with Gasteiger partial charge in [-0.25, -0.2) is 0 Å². The summed E-state index contributed by atoms with van der Waals surface area (Å²) in [5, 5.41) is 11.6. The van der Waals surface area contributed by atoms with Gasteiger partial charge in [-0.05, 0) is 18.2 Å². The maximum absolute atomic E-state index is 11.1. The van der Waals surface area contributed by atoms with Gasteiger partial charge in [-0.2, -0.15) is 0 Å². The van der Waals surface area contributed by atoms with Crippen LogP contribution in [0.15, 0.2) is 24.3 Å². The van der Waals surface area contributed by atoms with Crippen molar-refractivity contribution >= 4 is 17.5 Å². The van der Waals surface area contributed by atoms with Crippen LogP contribution in [0.2, 0.25) is 5.02 Å². The Morgan fingerprint density at radius 3 is 3.00 bits per heavy atom. The Morgan fingerprint density at radius 2 is 2.31 bits per heavy atom. The van der Waals surface area contributed by atoms with E-state index in [1.165, 1.54) is 0 Å². The van der Waals surface area contributed by atoms with Gasteiger partial charge in [-0.1, -0.05) is 17.7 Å². The average molecular weight is 244 g/mol. The van der Waals surface area contributed by atoms with Crippen LogP contribution in [0.4, 0.5) is 0 Å². The summed E-state index contributed by atoms with van der Waals surface area (Å²) in [6, 6.07) is 7.00. The van der Waals surface area contributed by atoms with E-state index in [9.17, 15) is 4.79 Å². The third kappa shape index (κ3) is 5.00. The minimum atomic E-state index is -0.143. The number of ether oxygens (including phenoxy) is 1. The lowest BCUT2D eigenvalue weighted by Crippen LogP contribution is -2.27. The lowest BCUT2D eigenvalue weighted by molar-refractivity contribution is -0.121. The van der Waals surface area contributed by atoms with E-state index >= 15 is 0 Å². The monoisotopic (exact) mass is 243 g/mol. The molecule has 0 aliphatic heterocycles. The van der Waals surface area contributed by atoms with Gasteiger partial charge >= 0.3 is 0 Å². The van der Waals surface area contributed by atoms with E-state index in [4.69, 9.17) is 21.4 Å². The quantitative estimate of drug-likeness (QED) is 0.790. The maximum atomic E-state index is 11.1. The third-order valence-corrected chi connectivity index (χ3v) is 2.06. The molecule has 1 aromatic rings. The van der Waals surface area contributed by atoms with Crippen LogP contribution in [-0.4, -0.2) is 30.8 Å². The SMILES string of the molecule is O=C(CCOc1cccc(Cl)c1)NCCO. The molecule has 4 nitrogen and oxygen atoms in total.